The number of benzene rings is 1. The van der Waals surface area contributed by atoms with Gasteiger partial charge in [-0.25, -0.2) is 4.98 Å². The van der Waals surface area contributed by atoms with Gasteiger partial charge in [-0.15, -0.1) is 0 Å². The van der Waals surface area contributed by atoms with Gasteiger partial charge in [-0.3, -0.25) is 10.1 Å². The maximum absolute atomic E-state index is 12.5. The first kappa shape index (κ1) is 16.1. The number of amides is 1. The number of furan rings is 1. The van der Waals surface area contributed by atoms with Crippen LogP contribution in [0.2, 0.25) is 0 Å². The molecule has 0 fully saturated rings. The van der Waals surface area contributed by atoms with Gasteiger partial charge in [-0.05, 0) is 25.0 Å². The molecule has 0 aliphatic heterocycles. The van der Waals surface area contributed by atoms with Crippen molar-refractivity contribution in [3.63, 3.8) is 0 Å². The summed E-state index contributed by atoms with van der Waals surface area (Å²) in [6.07, 6.45) is -2.45. The average molecular weight is 337 g/mol. The third-order valence-corrected chi connectivity index (χ3v) is 3.83. The van der Waals surface area contributed by atoms with Gasteiger partial charge in [0.15, 0.2) is 0 Å². The molecule has 1 amide bonds. The molecule has 0 bridgehead atoms. The van der Waals surface area contributed by atoms with Crippen molar-refractivity contribution in [2.24, 2.45) is 0 Å². The highest BCUT2D eigenvalue weighted by Crippen LogP contribution is 2.29. The van der Waals surface area contributed by atoms with E-state index in [1.54, 1.807) is 0 Å². The fourth-order valence-electron chi connectivity index (χ4n) is 2.40. The van der Waals surface area contributed by atoms with Crippen molar-refractivity contribution in [2.45, 2.75) is 26.4 Å². The normalized spacial score (nSPS) is 11.9. The van der Waals surface area contributed by atoms with Crippen LogP contribution in [0, 0.1) is 13.8 Å². The lowest BCUT2D eigenvalue weighted by molar-refractivity contribution is -0.140. The van der Waals surface area contributed by atoms with Crippen LogP contribution in [0.25, 0.3) is 11.0 Å². The molecule has 0 atom stereocenters. The number of aryl methyl sites for hydroxylation is 2. The van der Waals surface area contributed by atoms with Crippen molar-refractivity contribution < 1.29 is 22.4 Å². The lowest BCUT2D eigenvalue weighted by Crippen LogP contribution is -2.15. The van der Waals surface area contributed by atoms with Crippen LogP contribution in [0.3, 0.4) is 0 Å². The Morgan fingerprint density at radius 3 is 2.75 bits per heavy atom. The van der Waals surface area contributed by atoms with Gasteiger partial charge < -0.3 is 9.40 Å². The van der Waals surface area contributed by atoms with E-state index in [9.17, 15) is 18.0 Å². The molecular weight excluding hydrogens is 323 g/mol. The van der Waals surface area contributed by atoms with Gasteiger partial charge in [0.1, 0.15) is 11.3 Å². The average Bonchev–Trinajstić information content (AvgIpc) is 3.10. The first-order chi connectivity index (χ1) is 11.3. The van der Waals surface area contributed by atoms with Crippen molar-refractivity contribution in [1.29, 1.82) is 0 Å². The molecule has 3 rings (SSSR count). The standard InChI is InChI=1S/C16H14F3N3O2/c1-8-3-4-11-10(7-24-14(11)9(8)2)5-13(23)22-15-20-6-12(21-15)16(17,18)19/h3-4,6-7H,5H2,1-2H3,(H2,20,21,22,23). The van der Waals surface area contributed by atoms with Crippen LogP contribution >= 0.6 is 0 Å². The number of imidazole rings is 1. The summed E-state index contributed by atoms with van der Waals surface area (Å²) in [5, 5.41) is 3.13. The number of hydrogen-bond donors (Lipinski definition) is 2. The fourth-order valence-corrected chi connectivity index (χ4v) is 2.40. The first-order valence-electron chi connectivity index (χ1n) is 7.14. The summed E-state index contributed by atoms with van der Waals surface area (Å²) in [5.41, 5.74) is 2.41. The molecule has 126 valence electrons. The van der Waals surface area contributed by atoms with Crippen LogP contribution in [0.5, 0.6) is 0 Å². The smallest absolute Gasteiger partial charge is 0.432 e. The third kappa shape index (κ3) is 2.99. The predicted octanol–water partition coefficient (Wildman–Crippen LogP) is 3.97. The highest BCUT2D eigenvalue weighted by atomic mass is 19.4. The molecule has 1 aromatic carbocycles. The Kier molecular flexibility index (Phi) is 3.82. The van der Waals surface area contributed by atoms with Crippen LogP contribution < -0.4 is 5.32 Å². The minimum absolute atomic E-state index is 0.0302. The van der Waals surface area contributed by atoms with Gasteiger partial charge in [0, 0.05) is 10.9 Å². The second kappa shape index (κ2) is 5.70. The Bertz CT molecular complexity index is 909. The van der Waals surface area contributed by atoms with Crippen molar-refractivity contribution in [3.8, 4) is 0 Å². The molecule has 2 N–H and O–H groups in total. The van der Waals surface area contributed by atoms with Gasteiger partial charge in [0.25, 0.3) is 0 Å². The minimum atomic E-state index is -4.54. The molecular formula is C16H14F3N3O2. The summed E-state index contributed by atoms with van der Waals surface area (Å²) in [5.74, 6) is -0.730. The van der Waals surface area contributed by atoms with Crippen molar-refractivity contribution in [2.75, 3.05) is 5.32 Å². The van der Waals surface area contributed by atoms with Gasteiger partial charge in [-0.1, -0.05) is 12.1 Å². The number of nitrogens with one attached hydrogen (secondary N) is 2. The summed E-state index contributed by atoms with van der Waals surface area (Å²) in [4.78, 5) is 17.6. The molecule has 8 heteroatoms. The maximum atomic E-state index is 12.5. The Labute approximate surface area is 134 Å². The highest BCUT2D eigenvalue weighted by molar-refractivity contribution is 5.94. The van der Waals surface area contributed by atoms with Crippen LogP contribution in [0.1, 0.15) is 22.4 Å². The van der Waals surface area contributed by atoms with Crippen LogP contribution in [0.4, 0.5) is 19.1 Å². The van der Waals surface area contributed by atoms with Crippen molar-refractivity contribution >= 4 is 22.8 Å². The summed E-state index contributed by atoms with van der Waals surface area (Å²) in [7, 11) is 0. The zero-order valence-corrected chi connectivity index (χ0v) is 12.9. The molecule has 0 aliphatic rings. The zero-order chi connectivity index (χ0) is 17.5. The molecule has 2 heterocycles. The highest BCUT2D eigenvalue weighted by Gasteiger charge is 2.33. The van der Waals surface area contributed by atoms with E-state index in [1.165, 1.54) is 6.26 Å². The third-order valence-electron chi connectivity index (χ3n) is 3.83. The predicted molar refractivity (Wildman–Crippen MR) is 81.6 cm³/mol. The molecule has 0 saturated carbocycles. The number of rotatable bonds is 3. The molecule has 24 heavy (non-hydrogen) atoms. The van der Waals surface area contributed by atoms with Gasteiger partial charge in [0.2, 0.25) is 11.9 Å². The second-order valence-electron chi connectivity index (χ2n) is 5.51. The monoisotopic (exact) mass is 337 g/mol. The summed E-state index contributed by atoms with van der Waals surface area (Å²) in [6.45, 7) is 3.88. The lowest BCUT2D eigenvalue weighted by atomic mass is 10.0. The largest absolute Gasteiger partial charge is 0.464 e. The number of fused-ring (bicyclic) bond motifs is 1. The van der Waals surface area contributed by atoms with E-state index in [4.69, 9.17) is 4.42 Å². The fraction of sp³-hybridized carbons (Fsp3) is 0.250. The van der Waals surface area contributed by atoms with E-state index in [-0.39, 0.29) is 12.4 Å². The molecule has 0 aliphatic carbocycles. The molecule has 2 aromatic heterocycles. The van der Waals surface area contributed by atoms with E-state index in [1.807, 2.05) is 31.0 Å². The van der Waals surface area contributed by atoms with Gasteiger partial charge in [-0.2, -0.15) is 13.2 Å². The number of carbonyl (C=O) groups is 1. The molecule has 0 unspecified atom stereocenters. The zero-order valence-electron chi connectivity index (χ0n) is 12.9. The Balaban J connectivity index is 1.76. The van der Waals surface area contributed by atoms with E-state index < -0.39 is 17.8 Å². The number of H-pyrrole nitrogens is 1. The van der Waals surface area contributed by atoms with Crippen molar-refractivity contribution in [1.82, 2.24) is 9.97 Å². The topological polar surface area (TPSA) is 70.9 Å². The minimum Gasteiger partial charge on any atom is -0.464 e. The van der Waals surface area contributed by atoms with Crippen LogP contribution in [-0.4, -0.2) is 15.9 Å². The Morgan fingerprint density at radius 1 is 1.33 bits per heavy atom. The van der Waals surface area contributed by atoms with Gasteiger partial charge in [0.05, 0.1) is 18.9 Å². The SMILES string of the molecule is Cc1ccc2c(CC(=O)Nc3ncc(C(F)(F)F)[nH]3)coc2c1C. The number of carbonyl (C=O) groups excluding carboxylic acids is 1. The Hall–Kier alpha value is -2.77. The van der Waals surface area contributed by atoms with E-state index in [0.717, 1.165) is 16.5 Å². The van der Waals surface area contributed by atoms with Gasteiger partial charge >= 0.3 is 6.18 Å². The molecule has 0 radical (unpaired) electrons. The van der Waals surface area contributed by atoms with E-state index in [0.29, 0.717) is 17.3 Å². The number of aromatic amines is 1. The molecule has 0 spiro atoms. The molecule has 5 nitrogen and oxygen atoms in total. The lowest BCUT2D eigenvalue weighted by Gasteiger charge is -2.03. The summed E-state index contributed by atoms with van der Waals surface area (Å²) < 4.78 is 43.0. The van der Waals surface area contributed by atoms with E-state index in [2.05, 4.69) is 10.3 Å². The number of nitrogens with zero attached hydrogens (tertiary/aromatic N) is 1. The number of hydrogen-bond acceptors (Lipinski definition) is 3. The Morgan fingerprint density at radius 2 is 2.08 bits per heavy atom. The number of halogens is 3. The summed E-state index contributed by atoms with van der Waals surface area (Å²) in [6, 6.07) is 3.79. The second-order valence-corrected chi connectivity index (χ2v) is 5.51. The summed E-state index contributed by atoms with van der Waals surface area (Å²) >= 11 is 0. The van der Waals surface area contributed by atoms with E-state index >= 15 is 0 Å². The van der Waals surface area contributed by atoms with Crippen molar-refractivity contribution in [3.05, 3.63) is 47.0 Å². The number of anilines is 1. The molecule has 3 aromatic rings. The van der Waals surface area contributed by atoms with Crippen LogP contribution in [0.15, 0.2) is 29.0 Å². The maximum Gasteiger partial charge on any atom is 0.432 e. The van der Waals surface area contributed by atoms with Crippen LogP contribution in [-0.2, 0) is 17.4 Å². The number of aromatic nitrogens is 2. The number of alkyl halides is 3. The first-order valence-corrected chi connectivity index (χ1v) is 7.14. The molecule has 0 saturated heterocycles. The quantitative estimate of drug-likeness (QED) is 0.759.